The number of hydrogen-bond donors (Lipinski definition) is 5. The van der Waals surface area contributed by atoms with Gasteiger partial charge in [0, 0.05) is 23.8 Å². The van der Waals surface area contributed by atoms with Crippen molar-refractivity contribution in [2.45, 2.75) is 12.2 Å². The normalized spacial score (nSPS) is 13.0. The molecule has 0 saturated heterocycles. The Morgan fingerprint density at radius 3 is 2.25 bits per heavy atom. The van der Waals surface area contributed by atoms with E-state index in [9.17, 15) is 20.1 Å². The minimum Gasteiger partial charge on any atom is -0.504 e. The number of phenols is 1. The van der Waals surface area contributed by atoms with E-state index < -0.39 is 30.9 Å². The standard InChI is InChI=1S/C22H24O10/c1-29-18-3-2-12(4-16(18)27)19-7-17(28)22-20(31-11-14(26)9-24)5-15(6-21(22)32-19)30-10-13(25)8-23/h2-7,13-14,23-27H,8-11H2,1H3. The van der Waals surface area contributed by atoms with Gasteiger partial charge >= 0.3 is 0 Å². The summed E-state index contributed by atoms with van der Waals surface area (Å²) in [6, 6.07) is 8.55. The lowest BCUT2D eigenvalue weighted by Gasteiger charge is -2.15. The molecule has 0 spiro atoms. The summed E-state index contributed by atoms with van der Waals surface area (Å²) in [7, 11) is 1.41. The lowest BCUT2D eigenvalue weighted by atomic mass is 10.1. The van der Waals surface area contributed by atoms with Crippen molar-refractivity contribution in [3.8, 4) is 34.3 Å². The number of aliphatic hydroxyl groups is 4. The Balaban J connectivity index is 2.08. The molecule has 0 aliphatic carbocycles. The Kier molecular flexibility index (Phi) is 7.54. The lowest BCUT2D eigenvalue weighted by molar-refractivity contribution is 0.0515. The van der Waals surface area contributed by atoms with Crippen molar-refractivity contribution in [3.05, 3.63) is 46.6 Å². The monoisotopic (exact) mass is 448 g/mol. The van der Waals surface area contributed by atoms with Gasteiger partial charge in [0.25, 0.3) is 0 Å². The van der Waals surface area contributed by atoms with E-state index in [1.165, 1.54) is 37.4 Å². The number of rotatable bonds is 10. The maximum Gasteiger partial charge on any atom is 0.197 e. The first-order valence-corrected chi connectivity index (χ1v) is 9.69. The second-order valence-corrected chi connectivity index (χ2v) is 6.95. The van der Waals surface area contributed by atoms with Crippen molar-refractivity contribution in [3.63, 3.8) is 0 Å². The quantitative estimate of drug-likeness (QED) is 0.298. The molecular weight excluding hydrogens is 424 g/mol. The zero-order valence-electron chi connectivity index (χ0n) is 17.2. The van der Waals surface area contributed by atoms with Gasteiger partial charge in [-0.2, -0.15) is 0 Å². The van der Waals surface area contributed by atoms with Crippen LogP contribution in [0.2, 0.25) is 0 Å². The molecule has 3 aromatic rings. The molecule has 10 nitrogen and oxygen atoms in total. The van der Waals surface area contributed by atoms with E-state index in [-0.39, 0.29) is 52.9 Å². The summed E-state index contributed by atoms with van der Waals surface area (Å²) in [6.07, 6.45) is -2.29. The fourth-order valence-corrected chi connectivity index (χ4v) is 2.89. The van der Waals surface area contributed by atoms with E-state index in [0.29, 0.717) is 5.56 Å². The summed E-state index contributed by atoms with van der Waals surface area (Å²) in [5.74, 6) is 0.505. The van der Waals surface area contributed by atoms with Gasteiger partial charge in [-0.15, -0.1) is 0 Å². The Labute approximate surface area is 182 Å². The third kappa shape index (κ3) is 5.29. The number of fused-ring (bicyclic) bond motifs is 1. The largest absolute Gasteiger partial charge is 0.504 e. The van der Waals surface area contributed by atoms with Crippen LogP contribution < -0.4 is 19.6 Å². The van der Waals surface area contributed by atoms with Gasteiger partial charge in [-0.1, -0.05) is 0 Å². The molecular formula is C22H24O10. The summed E-state index contributed by atoms with van der Waals surface area (Å²) in [5, 5.41) is 47.2. The predicted molar refractivity (Wildman–Crippen MR) is 113 cm³/mol. The highest BCUT2D eigenvalue weighted by atomic mass is 16.5. The van der Waals surface area contributed by atoms with Crippen LogP contribution in [0.4, 0.5) is 0 Å². The number of ether oxygens (including phenoxy) is 3. The third-order valence-corrected chi connectivity index (χ3v) is 4.53. The average molecular weight is 448 g/mol. The Hall–Kier alpha value is -3.31. The van der Waals surface area contributed by atoms with Gasteiger partial charge in [0.1, 0.15) is 53.7 Å². The van der Waals surface area contributed by atoms with Gasteiger partial charge in [0.15, 0.2) is 16.9 Å². The maximum absolute atomic E-state index is 12.9. The van der Waals surface area contributed by atoms with Gasteiger partial charge in [-0.3, -0.25) is 4.79 Å². The van der Waals surface area contributed by atoms with E-state index in [2.05, 4.69) is 0 Å². The maximum atomic E-state index is 12.9. The summed E-state index contributed by atoms with van der Waals surface area (Å²) in [5.41, 5.74) is 0.0572. The second kappa shape index (κ2) is 10.3. The van der Waals surface area contributed by atoms with Crippen LogP contribution >= 0.6 is 0 Å². The van der Waals surface area contributed by atoms with Crippen molar-refractivity contribution >= 4 is 11.0 Å². The molecule has 1 aromatic heterocycles. The molecule has 2 unspecified atom stereocenters. The van der Waals surface area contributed by atoms with E-state index in [0.717, 1.165) is 0 Å². The van der Waals surface area contributed by atoms with Gasteiger partial charge in [0.2, 0.25) is 0 Å². The van der Waals surface area contributed by atoms with Crippen molar-refractivity contribution in [1.82, 2.24) is 0 Å². The van der Waals surface area contributed by atoms with E-state index in [1.54, 1.807) is 6.07 Å². The molecule has 172 valence electrons. The molecule has 10 heteroatoms. The van der Waals surface area contributed by atoms with Crippen LogP contribution in [0.3, 0.4) is 0 Å². The van der Waals surface area contributed by atoms with Gasteiger partial charge in [0.05, 0.1) is 20.3 Å². The first-order valence-electron chi connectivity index (χ1n) is 9.69. The number of aliphatic hydroxyl groups excluding tert-OH is 4. The van der Waals surface area contributed by atoms with Gasteiger partial charge < -0.3 is 44.2 Å². The topological polar surface area (TPSA) is 159 Å². The van der Waals surface area contributed by atoms with Crippen molar-refractivity contribution in [2.75, 3.05) is 33.5 Å². The van der Waals surface area contributed by atoms with Crippen LogP contribution in [0.15, 0.2) is 45.6 Å². The lowest BCUT2D eigenvalue weighted by Crippen LogP contribution is -2.22. The molecule has 0 bridgehead atoms. The minimum atomic E-state index is -1.17. The number of benzene rings is 2. The highest BCUT2D eigenvalue weighted by Crippen LogP contribution is 2.35. The van der Waals surface area contributed by atoms with Crippen molar-refractivity contribution in [2.24, 2.45) is 0 Å². The van der Waals surface area contributed by atoms with E-state index >= 15 is 0 Å². The van der Waals surface area contributed by atoms with Crippen LogP contribution in [0.1, 0.15) is 0 Å². The molecule has 5 N–H and O–H groups in total. The SMILES string of the molecule is COc1ccc(-c2cc(=O)c3c(OCC(O)CO)cc(OCC(O)CO)cc3o2)cc1O. The molecule has 1 heterocycles. The van der Waals surface area contributed by atoms with E-state index in [4.69, 9.17) is 28.8 Å². The van der Waals surface area contributed by atoms with Crippen LogP contribution in [0.5, 0.6) is 23.0 Å². The predicted octanol–water partition coefficient (Wildman–Crippen LogP) is 0.638. The molecule has 0 amide bonds. The fourth-order valence-electron chi connectivity index (χ4n) is 2.89. The van der Waals surface area contributed by atoms with E-state index in [1.807, 2.05) is 0 Å². The number of methoxy groups -OCH3 is 1. The highest BCUT2D eigenvalue weighted by molar-refractivity contribution is 5.86. The van der Waals surface area contributed by atoms with Crippen LogP contribution in [0, 0.1) is 0 Å². The van der Waals surface area contributed by atoms with Crippen LogP contribution in [-0.4, -0.2) is 71.3 Å². The molecule has 0 aliphatic heterocycles. The highest BCUT2D eigenvalue weighted by Gasteiger charge is 2.17. The van der Waals surface area contributed by atoms with Gasteiger partial charge in [-0.25, -0.2) is 0 Å². The molecule has 0 saturated carbocycles. The van der Waals surface area contributed by atoms with Crippen molar-refractivity contribution < 1.29 is 44.2 Å². The zero-order valence-corrected chi connectivity index (χ0v) is 17.2. The van der Waals surface area contributed by atoms with Crippen molar-refractivity contribution in [1.29, 1.82) is 0 Å². The number of phenolic OH excluding ortho intramolecular Hbond substituents is 1. The Bertz CT molecular complexity index is 1120. The summed E-state index contributed by atoms with van der Waals surface area (Å²) < 4.78 is 21.8. The summed E-state index contributed by atoms with van der Waals surface area (Å²) in [4.78, 5) is 12.9. The molecule has 3 rings (SSSR count). The molecule has 2 atom stereocenters. The average Bonchev–Trinajstić information content (AvgIpc) is 2.80. The molecule has 2 aromatic carbocycles. The summed E-state index contributed by atoms with van der Waals surface area (Å²) in [6.45, 7) is -1.55. The number of aromatic hydroxyl groups is 1. The van der Waals surface area contributed by atoms with Gasteiger partial charge in [-0.05, 0) is 18.2 Å². The molecule has 32 heavy (non-hydrogen) atoms. The Morgan fingerprint density at radius 2 is 1.62 bits per heavy atom. The smallest absolute Gasteiger partial charge is 0.197 e. The fraction of sp³-hybridized carbons (Fsp3) is 0.318. The molecule has 0 radical (unpaired) electrons. The third-order valence-electron chi connectivity index (χ3n) is 4.53. The summed E-state index contributed by atoms with van der Waals surface area (Å²) >= 11 is 0. The number of hydrogen-bond acceptors (Lipinski definition) is 10. The molecule has 0 fully saturated rings. The van der Waals surface area contributed by atoms with Crippen LogP contribution in [0.25, 0.3) is 22.3 Å². The second-order valence-electron chi connectivity index (χ2n) is 6.95. The van der Waals surface area contributed by atoms with Crippen LogP contribution in [-0.2, 0) is 0 Å². The Morgan fingerprint density at radius 1 is 0.938 bits per heavy atom. The first kappa shape index (κ1) is 23.4. The molecule has 0 aliphatic rings. The first-order chi connectivity index (χ1) is 15.4. The zero-order chi connectivity index (χ0) is 23.3. The minimum absolute atomic E-state index is 0.0429.